The molecule has 0 aliphatic heterocycles. The van der Waals surface area contributed by atoms with Gasteiger partial charge in [-0.2, -0.15) is 0 Å². The van der Waals surface area contributed by atoms with Gasteiger partial charge in [-0.25, -0.2) is 10.8 Å². The van der Waals surface area contributed by atoms with Gasteiger partial charge in [-0.15, -0.1) is 0 Å². The third kappa shape index (κ3) is 1.15. The number of hydrogen-bond acceptors (Lipinski definition) is 5. The van der Waals surface area contributed by atoms with Crippen LogP contribution in [0.25, 0.3) is 0 Å². The Balaban J connectivity index is 2.96. The molecule has 1 heterocycles. The van der Waals surface area contributed by atoms with Gasteiger partial charge in [0.05, 0.1) is 5.69 Å². The van der Waals surface area contributed by atoms with Crippen molar-refractivity contribution < 1.29 is 0 Å². The normalized spacial score (nSPS) is 9.00. The van der Waals surface area contributed by atoms with E-state index in [1.165, 1.54) is 0 Å². The summed E-state index contributed by atoms with van der Waals surface area (Å²) < 4.78 is 0. The minimum atomic E-state index is 0.532. The molecule has 0 fully saturated rings. The highest BCUT2D eigenvalue weighted by molar-refractivity contribution is 5.62. The third-order valence-electron chi connectivity index (χ3n) is 1.10. The van der Waals surface area contributed by atoms with E-state index in [0.717, 1.165) is 0 Å². The van der Waals surface area contributed by atoms with Crippen molar-refractivity contribution in [2.75, 3.05) is 10.9 Å². The average molecular weight is 139 g/mol. The number of nitrogens with zero attached hydrogens (tertiary/aromatic N) is 1. The van der Waals surface area contributed by atoms with Gasteiger partial charge in [-0.05, 0) is 12.1 Å². The van der Waals surface area contributed by atoms with Crippen LogP contribution in [-0.4, -0.2) is 4.98 Å². The van der Waals surface area contributed by atoms with Crippen LogP contribution >= 0.6 is 0 Å². The van der Waals surface area contributed by atoms with Crippen LogP contribution in [-0.2, 0) is 0 Å². The van der Waals surface area contributed by atoms with E-state index in [1.807, 2.05) is 0 Å². The number of rotatable bonds is 2. The Labute approximate surface area is 58.4 Å². The lowest BCUT2D eigenvalue weighted by atomic mass is 10.4. The fourth-order valence-corrected chi connectivity index (χ4v) is 0.637. The zero-order valence-electron chi connectivity index (χ0n) is 5.33. The van der Waals surface area contributed by atoms with E-state index in [-0.39, 0.29) is 0 Å². The molecule has 0 atom stereocenters. The van der Waals surface area contributed by atoms with Crippen LogP contribution in [0.15, 0.2) is 18.3 Å². The van der Waals surface area contributed by atoms with Crippen LogP contribution in [0.1, 0.15) is 0 Å². The quantitative estimate of drug-likeness (QED) is 0.332. The van der Waals surface area contributed by atoms with Gasteiger partial charge in [-0.3, -0.25) is 5.84 Å². The Bertz CT molecular complexity index is 188. The number of pyridine rings is 1. The highest BCUT2D eigenvalue weighted by atomic mass is 15.3. The van der Waals surface area contributed by atoms with Gasteiger partial charge in [0.15, 0.2) is 5.82 Å². The molecule has 0 radical (unpaired) electrons. The van der Waals surface area contributed by atoms with Gasteiger partial charge in [0.25, 0.3) is 0 Å². The minimum absolute atomic E-state index is 0.532. The van der Waals surface area contributed by atoms with Crippen molar-refractivity contribution >= 4 is 11.5 Å². The Morgan fingerprint density at radius 1 is 1.30 bits per heavy atom. The number of nitrogen functional groups attached to an aromatic ring is 2. The van der Waals surface area contributed by atoms with Crippen LogP contribution in [0.4, 0.5) is 11.5 Å². The molecule has 1 aromatic rings. The van der Waals surface area contributed by atoms with Crippen LogP contribution in [0.2, 0.25) is 0 Å². The number of hydrazine groups is 2. The molecule has 0 aliphatic rings. The predicted molar refractivity (Wildman–Crippen MR) is 39.9 cm³/mol. The summed E-state index contributed by atoms with van der Waals surface area (Å²) in [6.07, 6.45) is 1.62. The summed E-state index contributed by atoms with van der Waals surface area (Å²) in [6.45, 7) is 0. The molecule has 10 heavy (non-hydrogen) atoms. The first-order chi connectivity index (χ1) is 4.88. The second kappa shape index (κ2) is 3.00. The zero-order chi connectivity index (χ0) is 7.40. The number of anilines is 2. The van der Waals surface area contributed by atoms with E-state index in [9.17, 15) is 0 Å². The van der Waals surface area contributed by atoms with E-state index in [0.29, 0.717) is 11.5 Å². The van der Waals surface area contributed by atoms with Gasteiger partial charge in [-0.1, -0.05) is 0 Å². The smallest absolute Gasteiger partial charge is 0.164 e. The van der Waals surface area contributed by atoms with Crippen molar-refractivity contribution in [3.05, 3.63) is 18.3 Å². The standard InChI is InChI=1S/C5H9N5/c6-9-4-2-1-3-8-5(4)10-7/h1-3,9H,6-7H2,(H,8,10). The molecule has 0 amide bonds. The van der Waals surface area contributed by atoms with E-state index in [1.54, 1.807) is 18.3 Å². The van der Waals surface area contributed by atoms with Crippen molar-refractivity contribution in [2.24, 2.45) is 11.7 Å². The van der Waals surface area contributed by atoms with Crippen molar-refractivity contribution in [3.63, 3.8) is 0 Å². The SMILES string of the molecule is NNc1cccnc1NN. The van der Waals surface area contributed by atoms with Crippen molar-refractivity contribution in [1.29, 1.82) is 0 Å². The minimum Gasteiger partial charge on any atom is -0.321 e. The van der Waals surface area contributed by atoms with Crippen LogP contribution in [0, 0.1) is 0 Å². The molecule has 0 spiro atoms. The molecule has 6 N–H and O–H groups in total. The van der Waals surface area contributed by atoms with Gasteiger partial charge < -0.3 is 10.9 Å². The van der Waals surface area contributed by atoms with E-state index < -0.39 is 0 Å². The van der Waals surface area contributed by atoms with Crippen molar-refractivity contribution in [3.8, 4) is 0 Å². The largest absolute Gasteiger partial charge is 0.321 e. The molecule has 1 aromatic heterocycles. The highest BCUT2D eigenvalue weighted by Crippen LogP contribution is 2.13. The summed E-state index contributed by atoms with van der Waals surface area (Å²) in [5.41, 5.74) is 5.51. The molecule has 0 unspecified atom stereocenters. The Hall–Kier alpha value is -1.33. The predicted octanol–water partition coefficient (Wildman–Crippen LogP) is -0.347. The average Bonchev–Trinajstić information content (AvgIpc) is 2.04. The first kappa shape index (κ1) is 6.79. The van der Waals surface area contributed by atoms with E-state index >= 15 is 0 Å². The second-order valence-electron chi connectivity index (χ2n) is 1.69. The summed E-state index contributed by atoms with van der Waals surface area (Å²) in [4.78, 5) is 3.89. The molecule has 0 aliphatic carbocycles. The zero-order valence-corrected chi connectivity index (χ0v) is 5.33. The highest BCUT2D eigenvalue weighted by Gasteiger charge is 1.95. The lowest BCUT2D eigenvalue weighted by Crippen LogP contribution is -2.14. The fourth-order valence-electron chi connectivity index (χ4n) is 0.637. The molecule has 0 saturated carbocycles. The Morgan fingerprint density at radius 3 is 2.60 bits per heavy atom. The maximum atomic E-state index is 5.14. The van der Waals surface area contributed by atoms with Crippen molar-refractivity contribution in [2.45, 2.75) is 0 Å². The molecule has 5 heteroatoms. The maximum Gasteiger partial charge on any atom is 0.164 e. The molecule has 5 nitrogen and oxygen atoms in total. The summed E-state index contributed by atoms with van der Waals surface area (Å²) in [5, 5.41) is 0. The molecule has 0 aromatic carbocycles. The number of nitrogens with one attached hydrogen (secondary N) is 2. The van der Waals surface area contributed by atoms with Gasteiger partial charge in [0.1, 0.15) is 0 Å². The molecule has 0 saturated heterocycles. The third-order valence-corrected chi connectivity index (χ3v) is 1.10. The second-order valence-corrected chi connectivity index (χ2v) is 1.69. The topological polar surface area (TPSA) is 89.0 Å². The summed E-state index contributed by atoms with van der Waals surface area (Å²) in [6, 6.07) is 3.53. The van der Waals surface area contributed by atoms with Gasteiger partial charge >= 0.3 is 0 Å². The maximum absolute atomic E-state index is 5.14. The number of nitrogens with two attached hydrogens (primary N) is 2. The lowest BCUT2D eigenvalue weighted by molar-refractivity contribution is 1.20. The summed E-state index contributed by atoms with van der Waals surface area (Å²) >= 11 is 0. The fraction of sp³-hybridized carbons (Fsp3) is 0. The van der Waals surface area contributed by atoms with Crippen LogP contribution < -0.4 is 22.5 Å². The van der Waals surface area contributed by atoms with Gasteiger partial charge in [0.2, 0.25) is 0 Å². The molecular formula is C5H9N5. The number of hydrogen-bond donors (Lipinski definition) is 4. The van der Waals surface area contributed by atoms with E-state index in [2.05, 4.69) is 15.8 Å². The first-order valence-corrected chi connectivity index (χ1v) is 2.76. The molecular weight excluding hydrogens is 130 g/mol. The summed E-state index contributed by atoms with van der Waals surface area (Å²) in [7, 11) is 0. The monoisotopic (exact) mass is 139 g/mol. The van der Waals surface area contributed by atoms with Crippen molar-refractivity contribution in [1.82, 2.24) is 4.98 Å². The number of aromatic nitrogens is 1. The first-order valence-electron chi connectivity index (χ1n) is 2.76. The lowest BCUT2D eigenvalue weighted by Gasteiger charge is -2.04. The molecule has 0 bridgehead atoms. The van der Waals surface area contributed by atoms with Crippen LogP contribution in [0.5, 0.6) is 0 Å². The summed E-state index contributed by atoms with van der Waals surface area (Å²) in [5.74, 6) is 10.8. The van der Waals surface area contributed by atoms with Gasteiger partial charge in [0, 0.05) is 6.20 Å². The van der Waals surface area contributed by atoms with E-state index in [4.69, 9.17) is 11.7 Å². The Kier molecular flexibility index (Phi) is 2.03. The molecule has 54 valence electrons. The van der Waals surface area contributed by atoms with Crippen LogP contribution in [0.3, 0.4) is 0 Å². The Morgan fingerprint density at radius 2 is 2.10 bits per heavy atom. The molecule has 1 rings (SSSR count).